The fourth-order valence-corrected chi connectivity index (χ4v) is 3.36. The number of likely N-dealkylation sites (N-methyl/N-ethyl adjacent to an activating group) is 1. The average Bonchev–Trinajstić information content (AvgIpc) is 2.94. The summed E-state index contributed by atoms with van der Waals surface area (Å²) in [6.45, 7) is 3.22. The third-order valence-electron chi connectivity index (χ3n) is 5.11. The Morgan fingerprint density at radius 3 is 2.43 bits per heavy atom. The Balaban J connectivity index is 1.52. The van der Waals surface area contributed by atoms with Crippen molar-refractivity contribution < 1.29 is 22.4 Å². The van der Waals surface area contributed by atoms with Crippen LogP contribution in [0.25, 0.3) is 0 Å². The summed E-state index contributed by atoms with van der Waals surface area (Å²) in [5.74, 6) is 0.148. The van der Waals surface area contributed by atoms with Crippen molar-refractivity contribution in [2.24, 2.45) is 0 Å². The van der Waals surface area contributed by atoms with Crippen molar-refractivity contribution in [1.29, 1.82) is 0 Å². The highest BCUT2D eigenvalue weighted by atomic mass is 19.4. The first-order chi connectivity index (χ1) is 14.2. The van der Waals surface area contributed by atoms with Crippen molar-refractivity contribution in [2.75, 3.05) is 44.7 Å². The third kappa shape index (κ3) is 5.91. The fourth-order valence-electron chi connectivity index (χ4n) is 3.36. The van der Waals surface area contributed by atoms with Crippen LogP contribution in [0.4, 0.5) is 23.4 Å². The fraction of sp³-hybridized carbons (Fsp3) is 0.429. The molecule has 3 rings (SSSR count). The van der Waals surface area contributed by atoms with Crippen LogP contribution in [-0.2, 0) is 17.5 Å². The summed E-state index contributed by atoms with van der Waals surface area (Å²) in [5.41, 5.74) is 0.0835. The normalized spacial score (nSPS) is 15.7. The first kappa shape index (κ1) is 22.0. The van der Waals surface area contributed by atoms with Gasteiger partial charge < -0.3 is 9.80 Å². The molecule has 5 nitrogen and oxygen atoms in total. The highest BCUT2D eigenvalue weighted by Gasteiger charge is 2.31. The number of carbonyl (C=O) groups excluding carboxylic acids is 1. The number of nitrogens with zero attached hydrogens (tertiary/aromatic N) is 4. The van der Waals surface area contributed by atoms with Gasteiger partial charge in [0.2, 0.25) is 5.91 Å². The molecule has 0 aliphatic carbocycles. The molecule has 1 aliphatic heterocycles. The van der Waals surface area contributed by atoms with Crippen LogP contribution in [0.3, 0.4) is 0 Å². The van der Waals surface area contributed by atoms with E-state index >= 15 is 0 Å². The maximum atomic E-state index is 13.0. The Labute approximate surface area is 172 Å². The molecule has 162 valence electrons. The van der Waals surface area contributed by atoms with Gasteiger partial charge in [-0.2, -0.15) is 13.2 Å². The van der Waals surface area contributed by atoms with Gasteiger partial charge >= 0.3 is 6.18 Å². The molecule has 1 saturated heterocycles. The maximum Gasteiger partial charge on any atom is 0.417 e. The molecule has 0 spiro atoms. The lowest BCUT2D eigenvalue weighted by Gasteiger charge is -2.24. The Morgan fingerprint density at radius 2 is 1.80 bits per heavy atom. The van der Waals surface area contributed by atoms with E-state index in [9.17, 15) is 22.4 Å². The van der Waals surface area contributed by atoms with E-state index in [1.165, 1.54) is 18.2 Å². The van der Waals surface area contributed by atoms with Gasteiger partial charge in [-0.1, -0.05) is 12.1 Å². The summed E-state index contributed by atoms with van der Waals surface area (Å²) in [6, 6.07) is 8.47. The number of pyridine rings is 1. The molecule has 2 aromatic rings. The number of hydrogen-bond donors (Lipinski definition) is 0. The number of aromatic nitrogens is 1. The zero-order valence-electron chi connectivity index (χ0n) is 16.7. The Kier molecular flexibility index (Phi) is 6.91. The van der Waals surface area contributed by atoms with Crippen molar-refractivity contribution in [3.63, 3.8) is 0 Å². The first-order valence-corrected chi connectivity index (χ1v) is 9.71. The van der Waals surface area contributed by atoms with E-state index in [0.29, 0.717) is 38.5 Å². The molecule has 0 bridgehead atoms. The van der Waals surface area contributed by atoms with E-state index in [1.54, 1.807) is 24.1 Å². The molecular formula is C21H24F4N4O. The van der Waals surface area contributed by atoms with Crippen LogP contribution in [-0.4, -0.2) is 60.5 Å². The topological polar surface area (TPSA) is 39.7 Å². The lowest BCUT2D eigenvalue weighted by atomic mass is 10.2. The molecule has 1 fully saturated rings. The van der Waals surface area contributed by atoms with E-state index in [1.807, 2.05) is 9.80 Å². The molecule has 2 heterocycles. The number of benzene rings is 1. The van der Waals surface area contributed by atoms with Gasteiger partial charge in [0.25, 0.3) is 0 Å². The second-order valence-electron chi connectivity index (χ2n) is 7.40. The first-order valence-electron chi connectivity index (χ1n) is 9.71. The van der Waals surface area contributed by atoms with Gasteiger partial charge in [-0.3, -0.25) is 9.69 Å². The molecule has 1 aromatic heterocycles. The van der Waals surface area contributed by atoms with E-state index in [2.05, 4.69) is 4.98 Å². The van der Waals surface area contributed by atoms with E-state index in [4.69, 9.17) is 0 Å². The minimum atomic E-state index is -4.40. The van der Waals surface area contributed by atoms with Crippen molar-refractivity contribution in [3.8, 4) is 0 Å². The predicted octanol–water partition coefficient (Wildman–Crippen LogP) is 3.41. The Bertz CT molecular complexity index is 840. The van der Waals surface area contributed by atoms with Crippen molar-refractivity contribution >= 4 is 11.7 Å². The molecule has 1 amide bonds. The Morgan fingerprint density at radius 1 is 1.07 bits per heavy atom. The second-order valence-corrected chi connectivity index (χ2v) is 7.40. The third-order valence-corrected chi connectivity index (χ3v) is 5.11. The number of alkyl halides is 3. The molecule has 30 heavy (non-hydrogen) atoms. The summed E-state index contributed by atoms with van der Waals surface area (Å²) in [4.78, 5) is 22.1. The van der Waals surface area contributed by atoms with Crippen LogP contribution >= 0.6 is 0 Å². The largest absolute Gasteiger partial charge is 0.417 e. The van der Waals surface area contributed by atoms with Crippen LogP contribution in [0.5, 0.6) is 0 Å². The van der Waals surface area contributed by atoms with Gasteiger partial charge in [-0.15, -0.1) is 0 Å². The van der Waals surface area contributed by atoms with Crippen molar-refractivity contribution in [3.05, 3.63) is 59.5 Å². The molecule has 0 N–H and O–H groups in total. The molecule has 1 aliphatic rings. The number of halogens is 4. The molecule has 1 aromatic carbocycles. The van der Waals surface area contributed by atoms with Crippen LogP contribution in [0.15, 0.2) is 42.6 Å². The van der Waals surface area contributed by atoms with Crippen LogP contribution in [0.2, 0.25) is 0 Å². The van der Waals surface area contributed by atoms with Gasteiger partial charge in [0.05, 0.1) is 12.1 Å². The van der Waals surface area contributed by atoms with Gasteiger partial charge in [-0.25, -0.2) is 9.37 Å². The van der Waals surface area contributed by atoms with Gasteiger partial charge in [-0.05, 0) is 36.2 Å². The number of rotatable bonds is 5. The van der Waals surface area contributed by atoms with E-state index in [-0.39, 0.29) is 18.3 Å². The van der Waals surface area contributed by atoms with Crippen molar-refractivity contribution in [2.45, 2.75) is 19.1 Å². The lowest BCUT2D eigenvalue weighted by Crippen LogP contribution is -2.40. The summed E-state index contributed by atoms with van der Waals surface area (Å²) in [5, 5.41) is 0. The average molecular weight is 424 g/mol. The maximum absolute atomic E-state index is 13.0. The van der Waals surface area contributed by atoms with Crippen LogP contribution in [0.1, 0.15) is 17.5 Å². The van der Waals surface area contributed by atoms with E-state index in [0.717, 1.165) is 24.2 Å². The minimum Gasteiger partial charge on any atom is -0.355 e. The van der Waals surface area contributed by atoms with Crippen LogP contribution in [0, 0.1) is 5.82 Å². The summed E-state index contributed by atoms with van der Waals surface area (Å²) in [7, 11) is 1.71. The molecule has 9 heteroatoms. The molecule has 0 radical (unpaired) electrons. The Hall–Kier alpha value is -2.68. The minimum absolute atomic E-state index is 0.0413. The molecule has 0 saturated carbocycles. The molecule has 0 unspecified atom stereocenters. The number of amides is 1. The van der Waals surface area contributed by atoms with Gasteiger partial charge in [0, 0.05) is 46.0 Å². The quantitative estimate of drug-likeness (QED) is 0.690. The standard InChI is InChI=1S/C21H24F4N4O/c1-27(14-16-3-6-18(22)7-4-16)20(30)15-28-9-2-10-29(12-11-28)19-8-5-17(13-26-19)21(23,24)25/h3-8,13H,2,9-12,14-15H2,1H3. The molecule has 0 atom stereocenters. The van der Waals surface area contributed by atoms with Gasteiger partial charge in [0.1, 0.15) is 11.6 Å². The smallest absolute Gasteiger partial charge is 0.355 e. The zero-order valence-corrected chi connectivity index (χ0v) is 16.7. The highest BCUT2D eigenvalue weighted by molar-refractivity contribution is 5.78. The SMILES string of the molecule is CN(Cc1ccc(F)cc1)C(=O)CN1CCCN(c2ccc(C(F)(F)F)cn2)CC1. The molecular weight excluding hydrogens is 400 g/mol. The highest BCUT2D eigenvalue weighted by Crippen LogP contribution is 2.29. The monoisotopic (exact) mass is 424 g/mol. The summed E-state index contributed by atoms with van der Waals surface area (Å²) >= 11 is 0. The van der Waals surface area contributed by atoms with Gasteiger partial charge in [0.15, 0.2) is 0 Å². The lowest BCUT2D eigenvalue weighted by molar-refractivity contribution is -0.137. The number of anilines is 1. The predicted molar refractivity (Wildman–Crippen MR) is 105 cm³/mol. The zero-order chi connectivity index (χ0) is 21.7. The van der Waals surface area contributed by atoms with E-state index < -0.39 is 11.7 Å². The number of hydrogen-bond acceptors (Lipinski definition) is 4. The van der Waals surface area contributed by atoms with Crippen molar-refractivity contribution in [1.82, 2.24) is 14.8 Å². The summed E-state index contributed by atoms with van der Waals surface area (Å²) < 4.78 is 51.1. The number of carbonyl (C=O) groups is 1. The summed E-state index contributed by atoms with van der Waals surface area (Å²) in [6.07, 6.45) is -2.77. The van der Waals surface area contributed by atoms with Crippen LogP contribution < -0.4 is 4.90 Å². The second kappa shape index (κ2) is 9.42.